The van der Waals surface area contributed by atoms with Gasteiger partial charge in [-0.15, -0.1) is 0 Å². The maximum atomic E-state index is 4.32. The van der Waals surface area contributed by atoms with E-state index in [1.165, 1.54) is 5.56 Å². The lowest BCUT2D eigenvalue weighted by Crippen LogP contribution is -1.86. The van der Waals surface area contributed by atoms with Crippen molar-refractivity contribution in [1.82, 2.24) is 9.97 Å². The van der Waals surface area contributed by atoms with Gasteiger partial charge in [0, 0.05) is 22.3 Å². The van der Waals surface area contributed by atoms with Gasteiger partial charge in [0.1, 0.15) is 0 Å². The van der Waals surface area contributed by atoms with Crippen LogP contribution in [0.4, 0.5) is 0 Å². The lowest BCUT2D eigenvalue weighted by Gasteiger charge is -2.01. The van der Waals surface area contributed by atoms with Crippen molar-refractivity contribution in [2.24, 2.45) is 0 Å². The summed E-state index contributed by atoms with van der Waals surface area (Å²) in [4.78, 5) is 8.38. The summed E-state index contributed by atoms with van der Waals surface area (Å²) < 4.78 is 1.01. The molecular formula is C10H9BrN2. The average molecular weight is 237 g/mol. The van der Waals surface area contributed by atoms with Crippen LogP contribution in [0.2, 0.25) is 0 Å². The fourth-order valence-electron chi connectivity index (χ4n) is 1.25. The van der Waals surface area contributed by atoms with Crippen molar-refractivity contribution in [3.05, 3.63) is 34.7 Å². The summed E-state index contributed by atoms with van der Waals surface area (Å²) in [6.07, 6.45) is 6.48. The summed E-state index contributed by atoms with van der Waals surface area (Å²) in [6.45, 7) is 2.12. The van der Waals surface area contributed by atoms with E-state index < -0.39 is 0 Å². The van der Waals surface area contributed by atoms with E-state index in [1.54, 1.807) is 12.4 Å². The quantitative estimate of drug-likeness (QED) is 0.761. The van der Waals surface area contributed by atoms with E-state index in [0.29, 0.717) is 0 Å². The molecule has 0 radical (unpaired) electrons. The van der Waals surface area contributed by atoms with Gasteiger partial charge in [0.2, 0.25) is 0 Å². The molecule has 0 aliphatic rings. The van der Waals surface area contributed by atoms with Crippen molar-refractivity contribution in [2.45, 2.75) is 13.3 Å². The van der Waals surface area contributed by atoms with E-state index in [1.807, 2.05) is 6.20 Å². The van der Waals surface area contributed by atoms with Crippen LogP contribution >= 0.6 is 15.9 Å². The molecule has 0 spiro atoms. The van der Waals surface area contributed by atoms with E-state index >= 15 is 0 Å². The number of pyridine rings is 2. The molecule has 2 aromatic rings. The van der Waals surface area contributed by atoms with Crippen molar-refractivity contribution < 1.29 is 0 Å². The molecule has 0 amide bonds. The Morgan fingerprint density at radius 2 is 2.15 bits per heavy atom. The lowest BCUT2D eigenvalue weighted by molar-refractivity contribution is 1.12. The SMILES string of the molecule is CCc1cnc2cncc(Br)c2c1. The van der Waals surface area contributed by atoms with Crippen LogP contribution in [0, 0.1) is 0 Å². The van der Waals surface area contributed by atoms with Crippen LogP contribution in [0.3, 0.4) is 0 Å². The summed E-state index contributed by atoms with van der Waals surface area (Å²) >= 11 is 3.46. The van der Waals surface area contributed by atoms with Gasteiger partial charge in [-0.3, -0.25) is 9.97 Å². The van der Waals surface area contributed by atoms with Gasteiger partial charge in [0.05, 0.1) is 11.7 Å². The molecule has 3 heteroatoms. The molecule has 13 heavy (non-hydrogen) atoms. The first-order chi connectivity index (χ1) is 6.31. The van der Waals surface area contributed by atoms with Crippen LogP contribution in [0.1, 0.15) is 12.5 Å². The second-order valence-electron chi connectivity index (χ2n) is 2.89. The third-order valence-corrected chi connectivity index (χ3v) is 2.66. The van der Waals surface area contributed by atoms with Gasteiger partial charge >= 0.3 is 0 Å². The molecule has 0 unspecified atom stereocenters. The zero-order valence-electron chi connectivity index (χ0n) is 7.29. The minimum atomic E-state index is 0.937. The largest absolute Gasteiger partial charge is 0.261 e. The Balaban J connectivity index is 2.74. The first-order valence-electron chi connectivity index (χ1n) is 4.19. The number of aryl methyl sites for hydroxylation is 1. The minimum absolute atomic E-state index is 0.937. The lowest BCUT2D eigenvalue weighted by atomic mass is 10.2. The third-order valence-electron chi connectivity index (χ3n) is 2.03. The van der Waals surface area contributed by atoms with Crippen LogP contribution in [-0.4, -0.2) is 9.97 Å². The molecule has 0 atom stereocenters. The number of rotatable bonds is 1. The fourth-order valence-corrected chi connectivity index (χ4v) is 1.68. The Bertz CT molecular complexity index is 440. The molecule has 66 valence electrons. The summed E-state index contributed by atoms with van der Waals surface area (Å²) in [7, 11) is 0. The highest BCUT2D eigenvalue weighted by Crippen LogP contribution is 2.21. The van der Waals surface area contributed by atoms with Gasteiger partial charge in [-0.1, -0.05) is 6.92 Å². The van der Waals surface area contributed by atoms with Crippen LogP contribution in [0.5, 0.6) is 0 Å². The van der Waals surface area contributed by atoms with E-state index in [9.17, 15) is 0 Å². The van der Waals surface area contributed by atoms with Gasteiger partial charge in [-0.2, -0.15) is 0 Å². The maximum absolute atomic E-state index is 4.32. The fraction of sp³-hybridized carbons (Fsp3) is 0.200. The molecular weight excluding hydrogens is 228 g/mol. The summed E-state index contributed by atoms with van der Waals surface area (Å²) in [5, 5.41) is 1.13. The summed E-state index contributed by atoms with van der Waals surface area (Å²) in [5.41, 5.74) is 2.19. The number of nitrogens with zero attached hydrogens (tertiary/aromatic N) is 2. The standard InChI is InChI=1S/C10H9BrN2/c1-2-7-3-8-9(11)5-12-6-10(8)13-4-7/h3-6H,2H2,1H3. The summed E-state index contributed by atoms with van der Waals surface area (Å²) in [6, 6.07) is 2.15. The predicted octanol–water partition coefficient (Wildman–Crippen LogP) is 2.95. The Labute approximate surface area is 85.1 Å². The molecule has 0 aromatic carbocycles. The van der Waals surface area contributed by atoms with Crippen LogP contribution < -0.4 is 0 Å². The second-order valence-corrected chi connectivity index (χ2v) is 3.74. The predicted molar refractivity (Wildman–Crippen MR) is 56.6 cm³/mol. The Morgan fingerprint density at radius 3 is 2.92 bits per heavy atom. The van der Waals surface area contributed by atoms with E-state index in [-0.39, 0.29) is 0 Å². The molecule has 2 heterocycles. The molecule has 0 aliphatic carbocycles. The molecule has 0 bridgehead atoms. The van der Waals surface area contributed by atoms with Crippen molar-refractivity contribution in [3.8, 4) is 0 Å². The number of fused-ring (bicyclic) bond motifs is 1. The Kier molecular flexibility index (Phi) is 2.27. The average Bonchev–Trinajstić information content (AvgIpc) is 2.18. The molecule has 0 saturated heterocycles. The zero-order valence-corrected chi connectivity index (χ0v) is 8.87. The monoisotopic (exact) mass is 236 g/mol. The second kappa shape index (κ2) is 3.42. The first-order valence-corrected chi connectivity index (χ1v) is 4.98. The van der Waals surface area contributed by atoms with E-state index in [2.05, 4.69) is 38.9 Å². The normalized spacial score (nSPS) is 10.6. The summed E-state index contributed by atoms with van der Waals surface area (Å²) in [5.74, 6) is 0. The number of halogens is 1. The Hall–Kier alpha value is -0.960. The van der Waals surface area contributed by atoms with E-state index in [4.69, 9.17) is 0 Å². The van der Waals surface area contributed by atoms with Crippen LogP contribution in [-0.2, 0) is 6.42 Å². The van der Waals surface area contributed by atoms with Gasteiger partial charge in [0.15, 0.2) is 0 Å². The highest BCUT2D eigenvalue weighted by atomic mass is 79.9. The zero-order chi connectivity index (χ0) is 9.26. The highest BCUT2D eigenvalue weighted by molar-refractivity contribution is 9.10. The first kappa shape index (κ1) is 8.63. The highest BCUT2D eigenvalue weighted by Gasteiger charge is 2.00. The molecule has 2 rings (SSSR count). The number of hydrogen-bond acceptors (Lipinski definition) is 2. The van der Waals surface area contributed by atoms with Crippen molar-refractivity contribution >= 4 is 26.8 Å². The van der Waals surface area contributed by atoms with Crippen LogP contribution in [0.15, 0.2) is 29.1 Å². The minimum Gasteiger partial charge on any atom is -0.261 e. The topological polar surface area (TPSA) is 25.8 Å². The van der Waals surface area contributed by atoms with Gasteiger partial charge in [-0.05, 0) is 34.0 Å². The molecule has 2 aromatic heterocycles. The van der Waals surface area contributed by atoms with Gasteiger partial charge in [0.25, 0.3) is 0 Å². The molecule has 0 aliphatic heterocycles. The smallest absolute Gasteiger partial charge is 0.0896 e. The molecule has 0 N–H and O–H groups in total. The number of aromatic nitrogens is 2. The Morgan fingerprint density at radius 1 is 1.31 bits per heavy atom. The van der Waals surface area contributed by atoms with Gasteiger partial charge in [-0.25, -0.2) is 0 Å². The van der Waals surface area contributed by atoms with Crippen molar-refractivity contribution in [3.63, 3.8) is 0 Å². The number of hydrogen-bond donors (Lipinski definition) is 0. The van der Waals surface area contributed by atoms with Crippen molar-refractivity contribution in [2.75, 3.05) is 0 Å². The molecule has 2 nitrogen and oxygen atoms in total. The molecule has 0 fully saturated rings. The van der Waals surface area contributed by atoms with Gasteiger partial charge < -0.3 is 0 Å². The molecule has 0 saturated carbocycles. The maximum Gasteiger partial charge on any atom is 0.0896 e. The third kappa shape index (κ3) is 1.56. The van der Waals surface area contributed by atoms with Crippen molar-refractivity contribution in [1.29, 1.82) is 0 Å². The van der Waals surface area contributed by atoms with Crippen LogP contribution in [0.25, 0.3) is 10.9 Å². The van der Waals surface area contributed by atoms with E-state index in [0.717, 1.165) is 21.8 Å².